The van der Waals surface area contributed by atoms with Gasteiger partial charge in [0.05, 0.1) is 12.2 Å². The predicted molar refractivity (Wildman–Crippen MR) is 132 cm³/mol. The summed E-state index contributed by atoms with van der Waals surface area (Å²) in [7, 11) is 0. The summed E-state index contributed by atoms with van der Waals surface area (Å²) in [5.41, 5.74) is 1.09. The van der Waals surface area contributed by atoms with E-state index in [1.165, 1.54) is 0 Å². The van der Waals surface area contributed by atoms with E-state index >= 15 is 0 Å². The number of hydrogen-bond acceptors (Lipinski definition) is 6. The van der Waals surface area contributed by atoms with Crippen LogP contribution in [0.25, 0.3) is 0 Å². The van der Waals surface area contributed by atoms with Crippen molar-refractivity contribution in [1.82, 2.24) is 21.3 Å². The van der Waals surface area contributed by atoms with Crippen molar-refractivity contribution >= 4 is 46.5 Å². The molecule has 6 N–H and O–H groups in total. The summed E-state index contributed by atoms with van der Waals surface area (Å²) in [6.45, 7) is 3.89. The minimum atomic E-state index is -0.508. The number of nitrogens with one attached hydrogen (secondary N) is 4. The third-order valence-corrected chi connectivity index (χ3v) is 4.13. The molecule has 2 rings (SSSR count). The lowest BCUT2D eigenvalue weighted by Crippen LogP contribution is -2.41. The van der Waals surface area contributed by atoms with Crippen LogP contribution in [0.5, 0.6) is 0 Å². The van der Waals surface area contributed by atoms with Crippen molar-refractivity contribution in [2.24, 2.45) is 0 Å². The normalized spacial score (nSPS) is 11.6. The van der Waals surface area contributed by atoms with Gasteiger partial charge in [0.15, 0.2) is 10.2 Å². The van der Waals surface area contributed by atoms with Gasteiger partial charge < -0.3 is 20.8 Å². The van der Waals surface area contributed by atoms with Gasteiger partial charge in [-0.05, 0) is 62.5 Å². The summed E-state index contributed by atoms with van der Waals surface area (Å²) in [6, 6.07) is 17.6. The molecule has 2 aromatic carbocycles. The Morgan fingerprint density at radius 1 is 0.719 bits per heavy atom. The molecule has 0 saturated carbocycles. The third-order valence-electron chi connectivity index (χ3n) is 3.64. The quantitative estimate of drug-likeness (QED) is 0.346. The summed E-state index contributed by atoms with van der Waals surface area (Å²) >= 11 is 9.79. The summed E-state index contributed by atoms with van der Waals surface area (Å²) in [5.74, 6) is -0.521. The minimum absolute atomic E-state index is 0.217. The third kappa shape index (κ3) is 12.1. The molecule has 0 fully saturated rings. The van der Waals surface area contributed by atoms with Crippen LogP contribution in [-0.4, -0.2) is 57.5 Å². The number of amides is 2. The van der Waals surface area contributed by atoms with Crippen molar-refractivity contribution < 1.29 is 19.8 Å². The van der Waals surface area contributed by atoms with E-state index in [1.807, 2.05) is 12.1 Å². The summed E-state index contributed by atoms with van der Waals surface area (Å²) < 4.78 is 0. The molecule has 0 heterocycles. The topological polar surface area (TPSA) is 123 Å². The maximum Gasteiger partial charge on any atom is 0.257 e. The van der Waals surface area contributed by atoms with Gasteiger partial charge in [0.2, 0.25) is 0 Å². The number of benzene rings is 2. The Morgan fingerprint density at radius 3 is 1.31 bits per heavy atom. The monoisotopic (exact) mass is 476 g/mol. The number of thiocarbonyl (C=S) groups is 2. The molecular weight excluding hydrogens is 448 g/mol. The molecule has 0 aromatic heterocycles. The van der Waals surface area contributed by atoms with Crippen molar-refractivity contribution in [1.29, 1.82) is 0 Å². The SMILES string of the molecule is C[C@H](O)CNC(=S)NC(=O)c1ccccc1.C[C@H](O)CNC(=S)NC(=O)c1ccccc1. The second-order valence-corrected chi connectivity index (χ2v) is 7.57. The average Bonchev–Trinajstić information content (AvgIpc) is 2.78. The van der Waals surface area contributed by atoms with Gasteiger partial charge in [-0.1, -0.05) is 36.4 Å². The van der Waals surface area contributed by atoms with Gasteiger partial charge in [0, 0.05) is 24.2 Å². The molecule has 10 heteroatoms. The molecule has 0 radical (unpaired) electrons. The van der Waals surface area contributed by atoms with E-state index in [1.54, 1.807) is 62.4 Å². The van der Waals surface area contributed by atoms with Gasteiger partial charge in [-0.15, -0.1) is 0 Å². The second-order valence-electron chi connectivity index (χ2n) is 6.76. The van der Waals surface area contributed by atoms with Crippen molar-refractivity contribution in [3.8, 4) is 0 Å². The summed E-state index contributed by atoms with van der Waals surface area (Å²) in [6.07, 6.45) is -1.02. The van der Waals surface area contributed by atoms with E-state index in [0.29, 0.717) is 24.2 Å². The van der Waals surface area contributed by atoms with Gasteiger partial charge in [-0.3, -0.25) is 20.2 Å². The fraction of sp³-hybridized carbons (Fsp3) is 0.273. The molecule has 172 valence electrons. The zero-order valence-corrected chi connectivity index (χ0v) is 19.5. The van der Waals surface area contributed by atoms with Crippen LogP contribution >= 0.6 is 24.4 Å². The molecule has 0 spiro atoms. The second kappa shape index (κ2) is 15.0. The van der Waals surface area contributed by atoms with E-state index in [2.05, 4.69) is 21.3 Å². The molecule has 2 atom stereocenters. The van der Waals surface area contributed by atoms with Crippen LogP contribution in [0.1, 0.15) is 34.6 Å². The van der Waals surface area contributed by atoms with Crippen molar-refractivity contribution in [3.63, 3.8) is 0 Å². The molecule has 0 bridgehead atoms. The molecule has 8 nitrogen and oxygen atoms in total. The van der Waals surface area contributed by atoms with E-state index < -0.39 is 12.2 Å². The lowest BCUT2D eigenvalue weighted by atomic mass is 10.2. The number of aliphatic hydroxyl groups excluding tert-OH is 2. The first-order valence-corrected chi connectivity index (χ1v) is 10.6. The van der Waals surface area contributed by atoms with Crippen LogP contribution in [0, 0.1) is 0 Å². The lowest BCUT2D eigenvalue weighted by molar-refractivity contribution is 0.0967. The zero-order valence-electron chi connectivity index (χ0n) is 17.9. The number of carbonyl (C=O) groups excluding carboxylic acids is 2. The average molecular weight is 477 g/mol. The minimum Gasteiger partial charge on any atom is -0.392 e. The molecule has 0 unspecified atom stereocenters. The molecule has 2 amide bonds. The Labute approximate surface area is 198 Å². The Kier molecular flexibility index (Phi) is 12.7. The van der Waals surface area contributed by atoms with Gasteiger partial charge >= 0.3 is 0 Å². The standard InChI is InChI=1S/2C11H14N2O2S/c2*1-8(14)7-12-11(16)13-10(15)9-5-3-2-4-6-9/h2*2-6,8,14H,7H2,1H3,(H2,12,13,15,16)/t2*8-/m00/s1. The Morgan fingerprint density at radius 2 is 1.03 bits per heavy atom. The van der Waals surface area contributed by atoms with Crippen LogP contribution in [-0.2, 0) is 0 Å². The first kappa shape index (κ1) is 27.1. The fourth-order valence-electron chi connectivity index (χ4n) is 2.10. The first-order valence-electron chi connectivity index (χ1n) is 9.83. The molecule has 0 aliphatic heterocycles. The van der Waals surface area contributed by atoms with Crippen LogP contribution in [0.4, 0.5) is 0 Å². The van der Waals surface area contributed by atoms with E-state index in [9.17, 15) is 9.59 Å². The highest BCUT2D eigenvalue weighted by atomic mass is 32.1. The Hall–Kier alpha value is -2.92. The molecular formula is C22H28N4O4S2. The highest BCUT2D eigenvalue weighted by Gasteiger charge is 2.07. The number of aliphatic hydroxyl groups is 2. The van der Waals surface area contributed by atoms with Crippen LogP contribution in [0.15, 0.2) is 60.7 Å². The van der Waals surface area contributed by atoms with Gasteiger partial charge in [-0.25, -0.2) is 0 Å². The van der Waals surface area contributed by atoms with Gasteiger partial charge in [0.25, 0.3) is 11.8 Å². The molecule has 32 heavy (non-hydrogen) atoms. The Balaban J connectivity index is 0.000000320. The highest BCUT2D eigenvalue weighted by Crippen LogP contribution is 1.98. The van der Waals surface area contributed by atoms with Crippen molar-refractivity contribution in [2.75, 3.05) is 13.1 Å². The highest BCUT2D eigenvalue weighted by molar-refractivity contribution is 7.80. The van der Waals surface area contributed by atoms with E-state index in [4.69, 9.17) is 34.6 Å². The summed E-state index contributed by atoms with van der Waals surface area (Å²) in [5, 5.41) is 29.0. The fourth-order valence-corrected chi connectivity index (χ4v) is 2.45. The molecule has 2 aromatic rings. The van der Waals surface area contributed by atoms with Crippen LogP contribution in [0.2, 0.25) is 0 Å². The molecule has 0 aliphatic rings. The van der Waals surface area contributed by atoms with Crippen molar-refractivity contribution in [3.05, 3.63) is 71.8 Å². The smallest absolute Gasteiger partial charge is 0.257 e. The molecule has 0 saturated heterocycles. The van der Waals surface area contributed by atoms with E-state index in [0.717, 1.165) is 0 Å². The largest absolute Gasteiger partial charge is 0.392 e. The number of carbonyl (C=O) groups is 2. The number of rotatable bonds is 6. The maximum absolute atomic E-state index is 11.6. The Bertz CT molecular complexity index is 805. The van der Waals surface area contributed by atoms with Crippen molar-refractivity contribution in [2.45, 2.75) is 26.1 Å². The van der Waals surface area contributed by atoms with Crippen LogP contribution in [0.3, 0.4) is 0 Å². The molecule has 0 aliphatic carbocycles. The lowest BCUT2D eigenvalue weighted by Gasteiger charge is -2.10. The number of hydrogen-bond donors (Lipinski definition) is 6. The van der Waals surface area contributed by atoms with E-state index in [-0.39, 0.29) is 22.0 Å². The zero-order chi connectivity index (χ0) is 23.9. The van der Waals surface area contributed by atoms with Gasteiger partial charge in [-0.2, -0.15) is 0 Å². The van der Waals surface area contributed by atoms with Crippen LogP contribution < -0.4 is 21.3 Å². The van der Waals surface area contributed by atoms with Gasteiger partial charge in [0.1, 0.15) is 0 Å². The summed E-state index contributed by atoms with van der Waals surface area (Å²) in [4.78, 5) is 23.2. The maximum atomic E-state index is 11.6. The predicted octanol–water partition coefficient (Wildman–Crippen LogP) is 1.34. The first-order chi connectivity index (χ1) is 15.2.